The van der Waals surface area contributed by atoms with Crippen LogP contribution in [0.4, 0.5) is 0 Å². The molecule has 0 aromatic rings. The molecule has 0 saturated carbocycles. The van der Waals surface area contributed by atoms with Crippen LogP contribution in [0.5, 0.6) is 0 Å². The van der Waals surface area contributed by atoms with Crippen LogP contribution in [0.15, 0.2) is 0 Å². The summed E-state index contributed by atoms with van der Waals surface area (Å²) in [6.45, 7) is 4.42. The summed E-state index contributed by atoms with van der Waals surface area (Å²) in [5, 5.41) is 0. The van der Waals surface area contributed by atoms with Gasteiger partial charge in [0.1, 0.15) is 6.92 Å². The van der Waals surface area contributed by atoms with Gasteiger partial charge in [-0.25, -0.2) is 4.79 Å². The summed E-state index contributed by atoms with van der Waals surface area (Å²) in [6.07, 6.45) is 0. The van der Waals surface area contributed by atoms with Gasteiger partial charge in [0, 0.05) is 6.92 Å². The normalized spacial score (nSPS) is 6.25. The minimum absolute atomic E-state index is 0.0833. The van der Waals surface area contributed by atoms with Crippen molar-refractivity contribution in [3.63, 3.8) is 0 Å². The quantitative estimate of drug-likeness (QED) is 0.368. The first-order valence-electron chi connectivity index (χ1n) is 1.06. The van der Waals surface area contributed by atoms with E-state index in [2.05, 4.69) is 6.92 Å². The summed E-state index contributed by atoms with van der Waals surface area (Å²) in [4.78, 5) is 9.33. The average Bonchev–Trinajstić information content (AvgIpc) is 0.811. The lowest BCUT2D eigenvalue weighted by atomic mass is 10.6. The topological polar surface area (TPSA) is 17.1 Å². The van der Waals surface area contributed by atoms with Crippen molar-refractivity contribution < 1.29 is 4.79 Å². The predicted molar refractivity (Wildman–Crippen MR) is 16.0 cm³/mol. The van der Waals surface area contributed by atoms with Crippen molar-refractivity contribution in [3.05, 3.63) is 6.92 Å². The lowest BCUT2D eigenvalue weighted by Crippen LogP contribution is -1.70. The first-order chi connectivity index (χ1) is 1.73. The average molecular weight is 57.1 g/mol. The van der Waals surface area contributed by atoms with Crippen molar-refractivity contribution in [2.24, 2.45) is 0 Å². The molecule has 0 spiro atoms. The van der Waals surface area contributed by atoms with Crippen molar-refractivity contribution in [2.75, 3.05) is 0 Å². The number of hydrogen-bond donors (Lipinski definition) is 0. The Hall–Kier alpha value is -0.460. The van der Waals surface area contributed by atoms with Crippen molar-refractivity contribution in [1.29, 1.82) is 0 Å². The van der Waals surface area contributed by atoms with E-state index in [9.17, 15) is 4.79 Å². The molecule has 0 aliphatic carbocycles. The molecule has 0 aliphatic heterocycles. The highest BCUT2D eigenvalue weighted by Crippen LogP contribution is 1.49. The summed E-state index contributed by atoms with van der Waals surface area (Å²) >= 11 is 0. The molecule has 1 nitrogen and oxygen atoms in total. The van der Waals surface area contributed by atoms with Crippen LogP contribution in [-0.2, 0) is 4.79 Å². The molecule has 0 heterocycles. The lowest BCUT2D eigenvalue weighted by molar-refractivity contribution is -0.112. The van der Waals surface area contributed by atoms with Gasteiger partial charge in [-0.05, 0) is 0 Å². The van der Waals surface area contributed by atoms with Crippen molar-refractivity contribution >= 4 is 5.78 Å². The first kappa shape index (κ1) is 3.54. The molecule has 0 aromatic carbocycles. The van der Waals surface area contributed by atoms with Gasteiger partial charge in [-0.15, -0.1) is 0 Å². The Morgan fingerprint density at radius 1 is 2.00 bits per heavy atom. The second kappa shape index (κ2) is 0.934. The number of hydrogen-bond acceptors (Lipinski definition) is 1. The number of Topliss-reactive ketones (excluding diaryl/α,β-unsaturated/α-hetero) is 1. The van der Waals surface area contributed by atoms with Gasteiger partial charge in [0.15, 0.2) is 0 Å². The molecule has 0 radical (unpaired) electrons. The zero-order valence-corrected chi connectivity index (χ0v) is 2.62. The summed E-state index contributed by atoms with van der Waals surface area (Å²) in [6, 6.07) is 0. The van der Waals surface area contributed by atoms with Gasteiger partial charge in [-0.3, -0.25) is 0 Å². The highest BCUT2D eigenvalue weighted by Gasteiger charge is 1.75. The second-order valence-corrected chi connectivity index (χ2v) is 0.702. The van der Waals surface area contributed by atoms with Gasteiger partial charge in [0.2, 0.25) is 0 Å². The Kier molecular flexibility index (Phi) is 0.826. The van der Waals surface area contributed by atoms with E-state index in [1.165, 1.54) is 6.92 Å². The summed E-state index contributed by atoms with van der Waals surface area (Å²) < 4.78 is 0. The third-order valence-electron chi connectivity index (χ3n) is 0. The molecule has 0 unspecified atom stereocenters. The fourth-order valence-corrected chi connectivity index (χ4v) is 0. The highest BCUT2D eigenvalue weighted by molar-refractivity contribution is 5.79. The number of rotatable bonds is 0. The molecule has 22 valence electrons. The zero-order valence-electron chi connectivity index (χ0n) is 2.62. The Labute approximate surface area is 25.6 Å². The van der Waals surface area contributed by atoms with Crippen LogP contribution in [0.25, 0.3) is 0 Å². The van der Waals surface area contributed by atoms with Crippen LogP contribution in [0.2, 0.25) is 0 Å². The number of carbonyl (C=O) groups excluding carboxylic acids is 1. The molecule has 0 N–H and O–H groups in total. The lowest BCUT2D eigenvalue weighted by Gasteiger charge is -1.43. The van der Waals surface area contributed by atoms with E-state index in [-0.39, 0.29) is 5.78 Å². The van der Waals surface area contributed by atoms with Gasteiger partial charge in [0.05, 0.1) is 0 Å². The Morgan fingerprint density at radius 2 is 2.00 bits per heavy atom. The predicted octanol–water partition coefficient (Wildman–Crippen LogP) is 0.409. The van der Waals surface area contributed by atoms with Gasteiger partial charge in [0.25, 0.3) is 5.78 Å². The molecule has 0 aromatic heterocycles. The second-order valence-electron chi connectivity index (χ2n) is 0.702. The maximum Gasteiger partial charge on any atom is 0.300 e. The molecular weight excluding hydrogens is 52.0 g/mol. The van der Waals surface area contributed by atoms with Crippen LogP contribution < -0.4 is 0 Å². The van der Waals surface area contributed by atoms with Crippen LogP contribution in [0, 0.1) is 6.92 Å². The van der Waals surface area contributed by atoms with Gasteiger partial charge in [-0.1, -0.05) is 0 Å². The molecule has 0 atom stereocenters. The third-order valence-corrected chi connectivity index (χ3v) is 0. The molecule has 0 amide bonds. The SMILES string of the molecule is [CH2+]C(C)=O. The van der Waals surface area contributed by atoms with Gasteiger partial charge in [-0.2, -0.15) is 0 Å². The van der Waals surface area contributed by atoms with E-state index < -0.39 is 0 Å². The maximum absolute atomic E-state index is 9.33. The van der Waals surface area contributed by atoms with E-state index in [1.807, 2.05) is 0 Å². The highest BCUT2D eigenvalue weighted by atomic mass is 16.1. The van der Waals surface area contributed by atoms with E-state index in [0.29, 0.717) is 0 Å². The maximum atomic E-state index is 9.33. The van der Waals surface area contributed by atoms with Crippen LogP contribution in [0.3, 0.4) is 0 Å². The van der Waals surface area contributed by atoms with Gasteiger partial charge < -0.3 is 0 Å². The van der Waals surface area contributed by atoms with Gasteiger partial charge >= 0.3 is 0 Å². The smallest absolute Gasteiger partial charge is 0.244 e. The fraction of sp³-hybridized carbons (Fsp3) is 0.333. The first-order valence-corrected chi connectivity index (χ1v) is 1.06. The van der Waals surface area contributed by atoms with E-state index in [4.69, 9.17) is 0 Å². The molecule has 1 heteroatoms. The molecule has 0 fully saturated rings. The standard InChI is InChI=1S/C3H5O/c1-3(2)4/h1H2,2H3/q+1. The Balaban J connectivity index is 2.80. The minimum Gasteiger partial charge on any atom is -0.244 e. The fourth-order valence-electron chi connectivity index (χ4n) is 0. The van der Waals surface area contributed by atoms with E-state index in [1.54, 1.807) is 0 Å². The molecule has 4 heavy (non-hydrogen) atoms. The number of carbonyl (C=O) groups is 1. The monoisotopic (exact) mass is 57.0 g/mol. The largest absolute Gasteiger partial charge is 0.300 e. The van der Waals surface area contributed by atoms with Crippen LogP contribution >= 0.6 is 0 Å². The van der Waals surface area contributed by atoms with Crippen molar-refractivity contribution in [1.82, 2.24) is 0 Å². The summed E-state index contributed by atoms with van der Waals surface area (Å²) in [5.41, 5.74) is 0. The van der Waals surface area contributed by atoms with Crippen molar-refractivity contribution in [3.8, 4) is 0 Å². The van der Waals surface area contributed by atoms with Crippen LogP contribution in [-0.4, -0.2) is 5.78 Å². The van der Waals surface area contributed by atoms with Crippen LogP contribution in [0.1, 0.15) is 6.92 Å². The molecule has 0 aliphatic rings. The molecule has 0 saturated heterocycles. The minimum atomic E-state index is -0.0833. The number of ketones is 1. The Morgan fingerprint density at radius 3 is 2.00 bits per heavy atom. The van der Waals surface area contributed by atoms with E-state index >= 15 is 0 Å². The van der Waals surface area contributed by atoms with Crippen molar-refractivity contribution in [2.45, 2.75) is 6.92 Å². The molecule has 0 rings (SSSR count). The zero-order chi connectivity index (χ0) is 3.58. The Bertz CT molecular complexity index is 26.3. The molecule has 0 bridgehead atoms. The third kappa shape index (κ3) is 2.12. The summed E-state index contributed by atoms with van der Waals surface area (Å²) in [5.74, 6) is -0.0833. The summed E-state index contributed by atoms with van der Waals surface area (Å²) in [7, 11) is 0. The van der Waals surface area contributed by atoms with E-state index in [0.717, 1.165) is 0 Å². The molecular formula is C3H5O+.